The van der Waals surface area contributed by atoms with Crippen LogP contribution in [0.4, 0.5) is 11.4 Å². The number of nitro benzene ring substituents is 1. The van der Waals surface area contributed by atoms with Gasteiger partial charge in [-0.15, -0.1) is 0 Å². The second-order valence-corrected chi connectivity index (χ2v) is 5.69. The van der Waals surface area contributed by atoms with Gasteiger partial charge in [0.1, 0.15) is 5.69 Å². The molecule has 0 spiro atoms. The second kappa shape index (κ2) is 6.63. The van der Waals surface area contributed by atoms with Crippen LogP contribution in [0.2, 0.25) is 5.02 Å². The molecule has 6 heteroatoms. The first-order valence-corrected chi connectivity index (χ1v) is 7.44. The summed E-state index contributed by atoms with van der Waals surface area (Å²) >= 11 is 7.54. The van der Waals surface area contributed by atoms with E-state index in [0.29, 0.717) is 0 Å². The average molecular weight is 309 g/mol. The Hall–Kier alpha value is -1.72. The molecule has 0 amide bonds. The summed E-state index contributed by atoms with van der Waals surface area (Å²) in [5.41, 5.74) is 7.99. The third-order valence-electron chi connectivity index (χ3n) is 2.74. The molecule has 0 aliphatic heterocycles. The first kappa shape index (κ1) is 14.7. The minimum absolute atomic E-state index is 0.0450. The zero-order valence-electron chi connectivity index (χ0n) is 10.6. The van der Waals surface area contributed by atoms with E-state index in [-0.39, 0.29) is 11.4 Å². The fourth-order valence-electron chi connectivity index (χ4n) is 1.73. The Kier molecular flexibility index (Phi) is 4.87. The Balaban J connectivity index is 1.92. The fraction of sp³-hybridized carbons (Fsp3) is 0.143. The molecular weight excluding hydrogens is 296 g/mol. The lowest BCUT2D eigenvalue weighted by Gasteiger charge is -2.04. The van der Waals surface area contributed by atoms with E-state index in [9.17, 15) is 10.1 Å². The Morgan fingerprint density at radius 3 is 2.30 bits per heavy atom. The molecule has 2 aromatic rings. The molecule has 0 bridgehead atoms. The Morgan fingerprint density at radius 1 is 1.10 bits per heavy atom. The monoisotopic (exact) mass is 308 g/mol. The van der Waals surface area contributed by atoms with E-state index in [4.69, 9.17) is 17.3 Å². The van der Waals surface area contributed by atoms with Crippen molar-refractivity contribution in [2.75, 3.05) is 5.73 Å². The molecule has 0 atom stereocenters. The van der Waals surface area contributed by atoms with Crippen LogP contribution in [-0.2, 0) is 11.5 Å². The van der Waals surface area contributed by atoms with Crippen molar-refractivity contribution in [2.45, 2.75) is 11.5 Å². The van der Waals surface area contributed by atoms with Crippen LogP contribution in [0.1, 0.15) is 11.1 Å². The normalized spacial score (nSPS) is 10.4. The Morgan fingerprint density at radius 2 is 1.70 bits per heavy atom. The molecule has 2 aromatic carbocycles. The molecule has 0 unspecified atom stereocenters. The summed E-state index contributed by atoms with van der Waals surface area (Å²) in [6.45, 7) is 0. The highest BCUT2D eigenvalue weighted by atomic mass is 35.5. The van der Waals surface area contributed by atoms with Crippen LogP contribution in [0.3, 0.4) is 0 Å². The van der Waals surface area contributed by atoms with Crippen LogP contribution in [0.25, 0.3) is 0 Å². The van der Waals surface area contributed by atoms with E-state index in [2.05, 4.69) is 0 Å². The van der Waals surface area contributed by atoms with E-state index < -0.39 is 4.92 Å². The number of nitrogen functional groups attached to an aromatic ring is 1. The highest BCUT2D eigenvalue weighted by molar-refractivity contribution is 7.97. The molecule has 0 aliphatic carbocycles. The van der Waals surface area contributed by atoms with Gasteiger partial charge in [-0.25, -0.2) is 0 Å². The molecule has 0 aliphatic rings. The largest absolute Gasteiger partial charge is 0.393 e. The van der Waals surface area contributed by atoms with Crippen molar-refractivity contribution in [3.8, 4) is 0 Å². The van der Waals surface area contributed by atoms with Crippen molar-refractivity contribution >= 4 is 34.7 Å². The standard InChI is InChI=1S/C14H13ClN2O2S/c15-12-4-1-10(2-5-12)8-20-9-11-3-6-14(17(18)19)13(16)7-11/h1-7H,8-9,16H2. The molecule has 0 aromatic heterocycles. The maximum Gasteiger partial charge on any atom is 0.292 e. The SMILES string of the molecule is Nc1cc(CSCc2ccc(Cl)cc2)ccc1[N+](=O)[O-]. The fourth-order valence-corrected chi connectivity index (χ4v) is 2.80. The Bertz CT molecular complexity index is 617. The lowest BCUT2D eigenvalue weighted by Crippen LogP contribution is -1.96. The maximum atomic E-state index is 10.7. The highest BCUT2D eigenvalue weighted by Crippen LogP contribution is 2.25. The third-order valence-corrected chi connectivity index (χ3v) is 4.07. The second-order valence-electron chi connectivity index (χ2n) is 4.27. The van der Waals surface area contributed by atoms with Crippen LogP contribution < -0.4 is 5.73 Å². The number of rotatable bonds is 5. The van der Waals surface area contributed by atoms with Gasteiger partial charge < -0.3 is 5.73 Å². The van der Waals surface area contributed by atoms with Gasteiger partial charge >= 0.3 is 0 Å². The highest BCUT2D eigenvalue weighted by Gasteiger charge is 2.10. The predicted molar refractivity (Wildman–Crippen MR) is 84.0 cm³/mol. The van der Waals surface area contributed by atoms with Crippen LogP contribution in [0.15, 0.2) is 42.5 Å². The zero-order chi connectivity index (χ0) is 14.5. The number of anilines is 1. The number of nitrogens with zero attached hydrogens (tertiary/aromatic N) is 1. The van der Waals surface area contributed by atoms with E-state index >= 15 is 0 Å². The van der Waals surface area contributed by atoms with Crippen molar-refractivity contribution in [1.82, 2.24) is 0 Å². The lowest BCUT2D eigenvalue weighted by atomic mass is 10.2. The van der Waals surface area contributed by atoms with E-state index in [1.807, 2.05) is 24.3 Å². The molecule has 0 saturated carbocycles. The molecular formula is C14H13ClN2O2S. The number of halogens is 1. The molecule has 20 heavy (non-hydrogen) atoms. The molecule has 0 fully saturated rings. The van der Waals surface area contributed by atoms with Gasteiger partial charge in [0, 0.05) is 22.6 Å². The van der Waals surface area contributed by atoms with Crippen molar-refractivity contribution in [2.24, 2.45) is 0 Å². The van der Waals surface area contributed by atoms with Gasteiger partial charge in [0.25, 0.3) is 5.69 Å². The number of thioether (sulfide) groups is 1. The summed E-state index contributed by atoms with van der Waals surface area (Å²) in [7, 11) is 0. The minimum atomic E-state index is -0.472. The molecule has 2 N–H and O–H groups in total. The van der Waals surface area contributed by atoms with Crippen LogP contribution in [0, 0.1) is 10.1 Å². The molecule has 0 radical (unpaired) electrons. The van der Waals surface area contributed by atoms with Gasteiger partial charge in [0.05, 0.1) is 4.92 Å². The van der Waals surface area contributed by atoms with Gasteiger partial charge in [-0.05, 0) is 29.3 Å². The summed E-state index contributed by atoms with van der Waals surface area (Å²) in [6.07, 6.45) is 0. The van der Waals surface area contributed by atoms with Crippen molar-refractivity contribution in [1.29, 1.82) is 0 Å². The Labute approximate surface area is 126 Å². The maximum absolute atomic E-state index is 10.7. The number of hydrogen-bond acceptors (Lipinski definition) is 4. The number of nitrogens with two attached hydrogens (primary N) is 1. The van der Waals surface area contributed by atoms with Gasteiger partial charge in [-0.1, -0.05) is 29.8 Å². The summed E-state index contributed by atoms with van der Waals surface area (Å²) in [5, 5.41) is 11.4. The third kappa shape index (κ3) is 3.88. The average Bonchev–Trinajstić information content (AvgIpc) is 2.41. The summed E-state index contributed by atoms with van der Waals surface area (Å²) < 4.78 is 0. The smallest absolute Gasteiger partial charge is 0.292 e. The van der Waals surface area contributed by atoms with Gasteiger partial charge in [-0.3, -0.25) is 10.1 Å². The van der Waals surface area contributed by atoms with Crippen molar-refractivity contribution in [3.05, 3.63) is 68.7 Å². The van der Waals surface area contributed by atoms with E-state index in [0.717, 1.165) is 22.1 Å². The summed E-state index contributed by atoms with van der Waals surface area (Å²) in [6, 6.07) is 12.5. The quantitative estimate of drug-likeness (QED) is 0.509. The number of hydrogen-bond donors (Lipinski definition) is 1. The molecule has 0 saturated heterocycles. The molecule has 4 nitrogen and oxygen atoms in total. The first-order valence-electron chi connectivity index (χ1n) is 5.91. The van der Waals surface area contributed by atoms with Crippen LogP contribution in [0.5, 0.6) is 0 Å². The molecule has 0 heterocycles. The van der Waals surface area contributed by atoms with Gasteiger partial charge in [-0.2, -0.15) is 11.8 Å². The number of benzene rings is 2. The minimum Gasteiger partial charge on any atom is -0.393 e. The topological polar surface area (TPSA) is 69.2 Å². The van der Waals surface area contributed by atoms with Crippen LogP contribution in [-0.4, -0.2) is 4.92 Å². The molecule has 104 valence electrons. The number of nitro groups is 1. The lowest BCUT2D eigenvalue weighted by molar-refractivity contribution is -0.383. The molecule has 2 rings (SSSR count). The van der Waals surface area contributed by atoms with Gasteiger partial charge in [0.15, 0.2) is 0 Å². The van der Waals surface area contributed by atoms with E-state index in [1.54, 1.807) is 23.9 Å². The zero-order valence-corrected chi connectivity index (χ0v) is 12.2. The van der Waals surface area contributed by atoms with Crippen LogP contribution >= 0.6 is 23.4 Å². The summed E-state index contributed by atoms with van der Waals surface area (Å²) in [4.78, 5) is 10.2. The first-order chi connectivity index (χ1) is 9.56. The van der Waals surface area contributed by atoms with Gasteiger partial charge in [0.2, 0.25) is 0 Å². The van der Waals surface area contributed by atoms with Crippen molar-refractivity contribution < 1.29 is 4.92 Å². The van der Waals surface area contributed by atoms with E-state index in [1.165, 1.54) is 11.6 Å². The summed E-state index contributed by atoms with van der Waals surface area (Å²) in [5.74, 6) is 1.61. The predicted octanol–water partition coefficient (Wildman–Crippen LogP) is 4.26. The van der Waals surface area contributed by atoms with Crippen molar-refractivity contribution in [3.63, 3.8) is 0 Å².